The van der Waals surface area contributed by atoms with Crippen molar-refractivity contribution in [1.29, 1.82) is 0 Å². The number of hydrogen-bond acceptors (Lipinski definition) is 4. The predicted octanol–water partition coefficient (Wildman–Crippen LogP) is 0.837. The molecule has 1 fully saturated rings. The van der Waals surface area contributed by atoms with Gasteiger partial charge in [0.1, 0.15) is 18.1 Å². The fourth-order valence-corrected chi connectivity index (χ4v) is 2.30. The molecule has 0 radical (unpaired) electrons. The Morgan fingerprint density at radius 3 is 2.76 bits per heavy atom. The lowest BCUT2D eigenvalue weighted by molar-refractivity contribution is -0.149. The average molecular weight is 295 g/mol. The van der Waals surface area contributed by atoms with E-state index >= 15 is 0 Å². The average Bonchev–Trinajstić information content (AvgIpc) is 2.68. The Labute approximate surface area is 120 Å². The van der Waals surface area contributed by atoms with E-state index in [1.807, 2.05) is 0 Å². The number of likely N-dealkylation sites (tertiary alicyclic amines) is 1. The molecule has 1 aliphatic heterocycles. The molecule has 0 saturated carbocycles. The van der Waals surface area contributed by atoms with E-state index in [2.05, 4.69) is 0 Å². The number of carbonyl (C=O) groups excluding carboxylic acids is 2. The van der Waals surface area contributed by atoms with Crippen molar-refractivity contribution in [2.45, 2.75) is 12.8 Å². The van der Waals surface area contributed by atoms with E-state index < -0.39 is 36.1 Å². The Bertz CT molecular complexity index is 601. The number of aliphatic carboxylic acids is 1. The Kier molecular flexibility index (Phi) is 4.21. The van der Waals surface area contributed by atoms with E-state index in [-0.39, 0.29) is 12.8 Å². The third kappa shape index (κ3) is 3.18. The van der Waals surface area contributed by atoms with Gasteiger partial charge in [-0.1, -0.05) is 6.07 Å². The molecule has 1 atom stereocenters. The van der Waals surface area contributed by atoms with Crippen molar-refractivity contribution >= 4 is 17.8 Å². The van der Waals surface area contributed by atoms with Gasteiger partial charge in [0.25, 0.3) is 0 Å². The third-order valence-electron chi connectivity index (χ3n) is 3.36. The molecule has 2 amide bonds. The van der Waals surface area contributed by atoms with Crippen LogP contribution in [-0.2, 0) is 20.8 Å². The Morgan fingerprint density at radius 2 is 2.19 bits per heavy atom. The number of halogens is 1. The molecular formula is C14H14FNO5. The summed E-state index contributed by atoms with van der Waals surface area (Å²) in [4.78, 5) is 34.9. The summed E-state index contributed by atoms with van der Waals surface area (Å²) in [7, 11) is 1.41. The molecule has 1 heterocycles. The van der Waals surface area contributed by atoms with Crippen molar-refractivity contribution in [3.8, 4) is 5.75 Å². The van der Waals surface area contributed by atoms with Crippen LogP contribution in [0.5, 0.6) is 5.75 Å². The molecule has 0 spiro atoms. The van der Waals surface area contributed by atoms with Crippen LogP contribution in [0.15, 0.2) is 18.2 Å². The van der Waals surface area contributed by atoms with Crippen molar-refractivity contribution in [2.24, 2.45) is 5.92 Å². The molecular weight excluding hydrogens is 281 g/mol. The van der Waals surface area contributed by atoms with Crippen molar-refractivity contribution < 1.29 is 28.6 Å². The van der Waals surface area contributed by atoms with Gasteiger partial charge in [-0.15, -0.1) is 0 Å². The van der Waals surface area contributed by atoms with Gasteiger partial charge in [-0.2, -0.15) is 0 Å². The number of hydrogen-bond donors (Lipinski definition) is 1. The van der Waals surface area contributed by atoms with E-state index in [1.54, 1.807) is 6.07 Å². The lowest BCUT2D eigenvalue weighted by Crippen LogP contribution is -2.35. The number of ether oxygens (including phenoxy) is 1. The van der Waals surface area contributed by atoms with Crippen LogP contribution in [0.3, 0.4) is 0 Å². The standard InChI is InChI=1S/C14H14FNO5/c1-21-10-3-2-8(11(15)6-10)4-9-5-12(17)16(14(9)20)7-13(18)19/h2-3,6,9H,4-5,7H2,1H3,(H,18,19). The van der Waals surface area contributed by atoms with Crippen LogP contribution in [0.4, 0.5) is 4.39 Å². The van der Waals surface area contributed by atoms with Crippen LogP contribution in [0.1, 0.15) is 12.0 Å². The van der Waals surface area contributed by atoms with Crippen LogP contribution in [0.25, 0.3) is 0 Å². The second kappa shape index (κ2) is 5.90. The van der Waals surface area contributed by atoms with Gasteiger partial charge in [0.15, 0.2) is 0 Å². The van der Waals surface area contributed by atoms with Gasteiger partial charge < -0.3 is 9.84 Å². The minimum atomic E-state index is -1.26. The maximum absolute atomic E-state index is 13.8. The largest absolute Gasteiger partial charge is 0.497 e. The van der Waals surface area contributed by atoms with Crippen molar-refractivity contribution in [2.75, 3.05) is 13.7 Å². The fourth-order valence-electron chi connectivity index (χ4n) is 2.30. The summed E-state index contributed by atoms with van der Waals surface area (Å²) in [5.74, 6) is -3.25. The highest BCUT2D eigenvalue weighted by molar-refractivity contribution is 6.05. The zero-order valence-electron chi connectivity index (χ0n) is 11.3. The molecule has 1 N–H and O–H groups in total. The molecule has 0 bridgehead atoms. The molecule has 0 aliphatic carbocycles. The van der Waals surface area contributed by atoms with E-state index in [9.17, 15) is 18.8 Å². The number of carbonyl (C=O) groups is 3. The Balaban J connectivity index is 2.12. The molecule has 1 aromatic carbocycles. The summed E-state index contributed by atoms with van der Waals surface area (Å²) < 4.78 is 18.7. The quantitative estimate of drug-likeness (QED) is 0.814. The van der Waals surface area contributed by atoms with Crippen LogP contribution in [0, 0.1) is 11.7 Å². The maximum atomic E-state index is 13.8. The maximum Gasteiger partial charge on any atom is 0.323 e. The number of amides is 2. The summed E-state index contributed by atoms with van der Waals surface area (Å²) in [6, 6.07) is 4.26. The zero-order valence-corrected chi connectivity index (χ0v) is 11.3. The minimum Gasteiger partial charge on any atom is -0.497 e. The summed E-state index contributed by atoms with van der Waals surface area (Å²) >= 11 is 0. The van der Waals surface area contributed by atoms with Crippen LogP contribution in [-0.4, -0.2) is 41.4 Å². The molecule has 112 valence electrons. The highest BCUT2D eigenvalue weighted by atomic mass is 19.1. The zero-order chi connectivity index (χ0) is 15.6. The van der Waals surface area contributed by atoms with Crippen molar-refractivity contribution in [3.05, 3.63) is 29.6 Å². The van der Waals surface area contributed by atoms with E-state index in [1.165, 1.54) is 19.2 Å². The second-order valence-electron chi connectivity index (χ2n) is 4.77. The number of rotatable bonds is 5. The third-order valence-corrected chi connectivity index (χ3v) is 3.36. The van der Waals surface area contributed by atoms with E-state index in [0.717, 1.165) is 0 Å². The van der Waals surface area contributed by atoms with Crippen molar-refractivity contribution in [3.63, 3.8) is 0 Å². The first-order valence-electron chi connectivity index (χ1n) is 6.30. The first-order chi connectivity index (χ1) is 9.92. The van der Waals surface area contributed by atoms with Gasteiger partial charge in [-0.05, 0) is 18.1 Å². The number of imide groups is 1. The Morgan fingerprint density at radius 1 is 1.48 bits per heavy atom. The first kappa shape index (κ1) is 15.0. The lowest BCUT2D eigenvalue weighted by Gasteiger charge is -2.12. The molecule has 1 aliphatic rings. The van der Waals surface area contributed by atoms with Gasteiger partial charge in [-0.3, -0.25) is 19.3 Å². The first-order valence-corrected chi connectivity index (χ1v) is 6.30. The lowest BCUT2D eigenvalue weighted by atomic mass is 9.97. The van der Waals surface area contributed by atoms with Gasteiger partial charge >= 0.3 is 5.97 Å². The van der Waals surface area contributed by atoms with Crippen LogP contribution in [0.2, 0.25) is 0 Å². The molecule has 1 unspecified atom stereocenters. The van der Waals surface area contributed by atoms with E-state index in [0.29, 0.717) is 16.2 Å². The normalized spacial score (nSPS) is 18.2. The monoisotopic (exact) mass is 295 g/mol. The summed E-state index contributed by atoms with van der Waals surface area (Å²) in [5.41, 5.74) is 0.291. The predicted molar refractivity (Wildman–Crippen MR) is 69.1 cm³/mol. The van der Waals surface area contributed by atoms with Gasteiger partial charge in [-0.25, -0.2) is 4.39 Å². The molecule has 2 rings (SSSR count). The van der Waals surface area contributed by atoms with Gasteiger partial charge in [0.05, 0.1) is 13.0 Å². The second-order valence-corrected chi connectivity index (χ2v) is 4.77. The molecule has 0 aromatic heterocycles. The molecule has 1 aromatic rings. The molecule has 21 heavy (non-hydrogen) atoms. The summed E-state index contributed by atoms with van der Waals surface area (Å²) in [6.07, 6.45) is -0.0475. The molecule has 7 heteroatoms. The Hall–Kier alpha value is -2.44. The minimum absolute atomic E-state index is 0.0521. The molecule has 6 nitrogen and oxygen atoms in total. The SMILES string of the molecule is COc1ccc(CC2CC(=O)N(CC(=O)O)C2=O)c(F)c1. The fraction of sp³-hybridized carbons (Fsp3) is 0.357. The number of nitrogens with zero attached hydrogens (tertiary/aromatic N) is 1. The highest BCUT2D eigenvalue weighted by Gasteiger charge is 2.39. The van der Waals surface area contributed by atoms with Gasteiger partial charge in [0.2, 0.25) is 11.8 Å². The smallest absolute Gasteiger partial charge is 0.323 e. The summed E-state index contributed by atoms with van der Waals surface area (Å²) in [6.45, 7) is -0.654. The highest BCUT2D eigenvalue weighted by Crippen LogP contribution is 2.26. The van der Waals surface area contributed by atoms with Gasteiger partial charge in [0, 0.05) is 12.5 Å². The van der Waals surface area contributed by atoms with Crippen molar-refractivity contribution in [1.82, 2.24) is 4.90 Å². The number of benzene rings is 1. The number of carboxylic acids is 1. The summed E-state index contributed by atoms with van der Waals surface area (Å²) in [5, 5.41) is 8.67. The van der Waals surface area contributed by atoms with E-state index in [4.69, 9.17) is 9.84 Å². The van der Waals surface area contributed by atoms with Crippen LogP contribution < -0.4 is 4.74 Å². The molecule has 1 saturated heterocycles. The number of carboxylic acid groups (broad SMARTS) is 1. The van der Waals surface area contributed by atoms with Crippen LogP contribution >= 0.6 is 0 Å². The number of methoxy groups -OCH3 is 1. The topological polar surface area (TPSA) is 83.9 Å².